The topological polar surface area (TPSA) is 59.8 Å². The van der Waals surface area contributed by atoms with Crippen molar-refractivity contribution in [2.75, 3.05) is 0 Å². The summed E-state index contributed by atoms with van der Waals surface area (Å²) in [4.78, 5) is 13.0. The van der Waals surface area contributed by atoms with Gasteiger partial charge in [-0.25, -0.2) is 4.68 Å². The summed E-state index contributed by atoms with van der Waals surface area (Å²) in [7, 11) is 0. The second-order valence-corrected chi connectivity index (χ2v) is 9.48. The smallest absolute Gasteiger partial charge is 0.274 e. The van der Waals surface area contributed by atoms with Crippen LogP contribution in [0.5, 0.6) is 0 Å². The normalized spacial score (nSPS) is 32.0. The second kappa shape index (κ2) is 5.91. The Morgan fingerprint density at radius 3 is 2.46 bits per heavy atom. The third-order valence-electron chi connectivity index (χ3n) is 6.58. The monoisotopic (exact) mass is 414 g/mol. The molecular formula is C20H23BrN4O. The van der Waals surface area contributed by atoms with Crippen LogP contribution in [0.25, 0.3) is 5.69 Å². The Kier molecular flexibility index (Phi) is 3.75. The van der Waals surface area contributed by atoms with E-state index < -0.39 is 0 Å². The molecule has 1 aromatic carbocycles. The van der Waals surface area contributed by atoms with Gasteiger partial charge in [0.2, 0.25) is 0 Å². The van der Waals surface area contributed by atoms with Crippen LogP contribution < -0.4 is 5.32 Å². The van der Waals surface area contributed by atoms with Crippen LogP contribution in [0, 0.1) is 24.7 Å². The van der Waals surface area contributed by atoms with Gasteiger partial charge in [-0.15, -0.1) is 5.10 Å². The minimum absolute atomic E-state index is 0.00215. The Bertz CT molecular complexity index is 839. The van der Waals surface area contributed by atoms with Crippen LogP contribution in [0.15, 0.2) is 28.7 Å². The van der Waals surface area contributed by atoms with Crippen molar-refractivity contribution < 1.29 is 4.79 Å². The quantitative estimate of drug-likeness (QED) is 0.824. The predicted molar refractivity (Wildman–Crippen MR) is 102 cm³/mol. The molecule has 4 bridgehead atoms. The van der Waals surface area contributed by atoms with Gasteiger partial charge >= 0.3 is 0 Å². The van der Waals surface area contributed by atoms with E-state index in [9.17, 15) is 4.79 Å². The fraction of sp³-hybridized carbons (Fsp3) is 0.550. The predicted octanol–water partition coefficient (Wildman–Crippen LogP) is 4.04. The molecule has 26 heavy (non-hydrogen) atoms. The van der Waals surface area contributed by atoms with Crippen molar-refractivity contribution >= 4 is 21.8 Å². The number of nitrogens with zero attached hydrogens (tertiary/aromatic N) is 3. The van der Waals surface area contributed by atoms with Crippen LogP contribution in [0.2, 0.25) is 0 Å². The molecule has 136 valence electrons. The Morgan fingerprint density at radius 2 is 1.85 bits per heavy atom. The van der Waals surface area contributed by atoms with Crippen LogP contribution in [0.4, 0.5) is 0 Å². The van der Waals surface area contributed by atoms with Crippen molar-refractivity contribution in [2.45, 2.75) is 51.0 Å². The van der Waals surface area contributed by atoms with E-state index in [1.807, 2.05) is 31.2 Å². The number of halogens is 1. The largest absolute Gasteiger partial charge is 0.345 e. The molecule has 6 heteroatoms. The number of hydrogen-bond donors (Lipinski definition) is 1. The summed E-state index contributed by atoms with van der Waals surface area (Å²) in [6, 6.07) is 7.86. The number of carbonyl (C=O) groups is 1. The van der Waals surface area contributed by atoms with Gasteiger partial charge in [0, 0.05) is 10.0 Å². The lowest BCUT2D eigenvalue weighted by molar-refractivity contribution is -0.0168. The first-order valence-corrected chi connectivity index (χ1v) is 10.3. The van der Waals surface area contributed by atoms with Crippen LogP contribution in [0.1, 0.15) is 54.7 Å². The summed E-state index contributed by atoms with van der Waals surface area (Å²) in [5.41, 5.74) is 2.13. The number of carbonyl (C=O) groups excluding carboxylic acids is 1. The lowest BCUT2D eigenvalue weighted by atomic mass is 9.53. The minimum atomic E-state index is -0.0642. The maximum absolute atomic E-state index is 13.0. The molecule has 1 amide bonds. The van der Waals surface area contributed by atoms with Crippen molar-refractivity contribution in [3.05, 3.63) is 40.1 Å². The lowest BCUT2D eigenvalue weighted by Crippen LogP contribution is -2.59. The molecule has 5 nitrogen and oxygen atoms in total. The molecule has 0 saturated heterocycles. The van der Waals surface area contributed by atoms with E-state index >= 15 is 0 Å². The van der Waals surface area contributed by atoms with E-state index in [0.717, 1.165) is 52.9 Å². The van der Waals surface area contributed by atoms with Gasteiger partial charge in [-0.3, -0.25) is 4.79 Å². The minimum Gasteiger partial charge on any atom is -0.345 e. The summed E-state index contributed by atoms with van der Waals surface area (Å²) >= 11 is 3.48. The highest BCUT2D eigenvalue weighted by Gasteiger charge is 2.51. The number of benzene rings is 1. The maximum atomic E-state index is 13.0. The number of amides is 1. The molecule has 0 unspecified atom stereocenters. The van der Waals surface area contributed by atoms with E-state index in [2.05, 4.69) is 31.6 Å². The van der Waals surface area contributed by atoms with Gasteiger partial charge in [-0.2, -0.15) is 0 Å². The van der Waals surface area contributed by atoms with Gasteiger partial charge in [0.1, 0.15) is 0 Å². The molecule has 4 fully saturated rings. The maximum Gasteiger partial charge on any atom is 0.274 e. The third kappa shape index (κ3) is 2.70. The van der Waals surface area contributed by atoms with Gasteiger partial charge in [-0.1, -0.05) is 27.2 Å². The Morgan fingerprint density at radius 1 is 1.19 bits per heavy atom. The summed E-state index contributed by atoms with van der Waals surface area (Å²) < 4.78 is 2.71. The van der Waals surface area contributed by atoms with Crippen LogP contribution in [-0.4, -0.2) is 26.4 Å². The van der Waals surface area contributed by atoms with Crippen molar-refractivity contribution in [3.8, 4) is 5.69 Å². The summed E-state index contributed by atoms with van der Waals surface area (Å²) in [6.45, 7) is 1.91. The Hall–Kier alpha value is -1.69. The van der Waals surface area contributed by atoms with Crippen molar-refractivity contribution in [2.24, 2.45) is 17.8 Å². The van der Waals surface area contributed by atoms with Crippen molar-refractivity contribution in [3.63, 3.8) is 0 Å². The van der Waals surface area contributed by atoms with E-state index in [1.165, 1.54) is 19.3 Å². The van der Waals surface area contributed by atoms with Gasteiger partial charge in [0.25, 0.3) is 5.91 Å². The molecule has 0 radical (unpaired) electrons. The van der Waals surface area contributed by atoms with Gasteiger partial charge < -0.3 is 5.32 Å². The third-order valence-corrected chi connectivity index (χ3v) is 7.07. The molecule has 0 atom stereocenters. The van der Waals surface area contributed by atoms with Gasteiger partial charge in [0.15, 0.2) is 5.69 Å². The average molecular weight is 415 g/mol. The van der Waals surface area contributed by atoms with Crippen LogP contribution in [0.3, 0.4) is 0 Å². The van der Waals surface area contributed by atoms with E-state index in [4.69, 9.17) is 0 Å². The lowest BCUT2D eigenvalue weighted by Gasteiger charge is -2.56. The van der Waals surface area contributed by atoms with E-state index in [0.29, 0.717) is 5.69 Å². The first kappa shape index (κ1) is 16.5. The van der Waals surface area contributed by atoms with Gasteiger partial charge in [-0.05, 0) is 81.4 Å². The highest BCUT2D eigenvalue weighted by Crippen LogP contribution is 2.55. The number of aromatic nitrogens is 3. The zero-order chi connectivity index (χ0) is 17.9. The molecule has 4 aliphatic carbocycles. The highest BCUT2D eigenvalue weighted by molar-refractivity contribution is 9.10. The van der Waals surface area contributed by atoms with Crippen LogP contribution in [-0.2, 0) is 0 Å². The summed E-state index contributed by atoms with van der Waals surface area (Å²) in [6.07, 6.45) is 7.53. The zero-order valence-corrected chi connectivity index (χ0v) is 16.5. The number of hydrogen-bond acceptors (Lipinski definition) is 3. The molecule has 2 aromatic rings. The van der Waals surface area contributed by atoms with Crippen molar-refractivity contribution in [1.82, 2.24) is 20.3 Å². The molecule has 6 rings (SSSR count). The average Bonchev–Trinajstić information content (AvgIpc) is 2.95. The molecule has 0 aliphatic heterocycles. The first-order valence-electron chi connectivity index (χ1n) is 9.52. The number of nitrogens with one attached hydrogen (secondary N) is 1. The molecule has 4 saturated carbocycles. The molecule has 1 aromatic heterocycles. The number of rotatable bonds is 3. The molecule has 1 heterocycles. The molecule has 0 spiro atoms. The summed E-state index contributed by atoms with van der Waals surface area (Å²) in [5, 5.41) is 11.8. The zero-order valence-electron chi connectivity index (χ0n) is 14.9. The Labute approximate surface area is 161 Å². The second-order valence-electron chi connectivity index (χ2n) is 8.57. The Balaban J connectivity index is 1.40. The van der Waals surface area contributed by atoms with Crippen LogP contribution >= 0.6 is 15.9 Å². The first-order chi connectivity index (χ1) is 12.5. The SMILES string of the molecule is Cc1c(C(=O)NC23CC4CC(CC(C4)C2)C3)nnn1-c1cccc(Br)c1. The van der Waals surface area contributed by atoms with Gasteiger partial charge in [0.05, 0.1) is 11.4 Å². The highest BCUT2D eigenvalue weighted by atomic mass is 79.9. The standard InChI is InChI=1S/C20H23BrN4O/c1-12-18(23-24-25(12)17-4-2-3-16(21)8-17)19(26)22-20-9-13-5-14(10-20)7-15(6-13)11-20/h2-4,8,13-15H,5-7,9-11H2,1H3,(H,22,26). The van der Waals surface area contributed by atoms with E-state index in [-0.39, 0.29) is 11.4 Å². The molecule has 1 N–H and O–H groups in total. The van der Waals surface area contributed by atoms with Crippen molar-refractivity contribution in [1.29, 1.82) is 0 Å². The molecule has 4 aliphatic rings. The fourth-order valence-electron chi connectivity index (χ4n) is 5.96. The van der Waals surface area contributed by atoms with E-state index in [1.54, 1.807) is 4.68 Å². The fourth-order valence-corrected chi connectivity index (χ4v) is 6.34. The molecular weight excluding hydrogens is 392 g/mol. The summed E-state index contributed by atoms with van der Waals surface area (Å²) in [5.74, 6) is 2.35.